The minimum Gasteiger partial charge on any atom is -0.387 e. The third-order valence-electron chi connectivity index (χ3n) is 3.97. The van der Waals surface area contributed by atoms with Crippen LogP contribution in [0.1, 0.15) is 57.8 Å². The molecular weight excluding hydrogens is 234 g/mol. The number of hydrogen-bond donors (Lipinski definition) is 1. The molecule has 0 saturated carbocycles. The number of rotatable bonds is 8. The summed E-state index contributed by atoms with van der Waals surface area (Å²) in [4.78, 5) is 2.36. The zero-order valence-corrected chi connectivity index (χ0v) is 12.9. The molecule has 2 unspecified atom stereocenters. The molecule has 0 spiro atoms. The molecule has 1 aromatic carbocycles. The van der Waals surface area contributed by atoms with Gasteiger partial charge in [0.2, 0.25) is 0 Å². The summed E-state index contributed by atoms with van der Waals surface area (Å²) in [6.07, 6.45) is 3.04. The van der Waals surface area contributed by atoms with Crippen LogP contribution in [0, 0.1) is 0 Å². The predicted molar refractivity (Wildman–Crippen MR) is 82.4 cm³/mol. The van der Waals surface area contributed by atoms with Crippen molar-refractivity contribution in [3.63, 3.8) is 0 Å². The van der Waals surface area contributed by atoms with Crippen LogP contribution in [0.3, 0.4) is 0 Å². The van der Waals surface area contributed by atoms with E-state index >= 15 is 0 Å². The van der Waals surface area contributed by atoms with Crippen LogP contribution in [-0.2, 0) is 6.42 Å². The van der Waals surface area contributed by atoms with Crippen LogP contribution < -0.4 is 0 Å². The maximum absolute atomic E-state index is 10.5. The molecule has 2 atom stereocenters. The molecule has 1 aromatic rings. The zero-order chi connectivity index (χ0) is 14.3. The fourth-order valence-corrected chi connectivity index (χ4v) is 2.44. The normalized spacial score (nSPS) is 14.6. The van der Waals surface area contributed by atoms with Gasteiger partial charge in [-0.2, -0.15) is 0 Å². The molecule has 0 amide bonds. The summed E-state index contributed by atoms with van der Waals surface area (Å²) in [5.74, 6) is 0. The van der Waals surface area contributed by atoms with Crippen molar-refractivity contribution in [1.82, 2.24) is 4.90 Å². The monoisotopic (exact) mass is 263 g/mol. The molecule has 0 heterocycles. The van der Waals surface area contributed by atoms with Crippen molar-refractivity contribution < 1.29 is 5.11 Å². The molecule has 1 N–H and O–H groups in total. The van der Waals surface area contributed by atoms with Gasteiger partial charge in [0.15, 0.2) is 0 Å². The quantitative estimate of drug-likeness (QED) is 0.771. The van der Waals surface area contributed by atoms with Crippen molar-refractivity contribution >= 4 is 0 Å². The van der Waals surface area contributed by atoms with Gasteiger partial charge in [0.25, 0.3) is 0 Å². The van der Waals surface area contributed by atoms with Crippen LogP contribution in [-0.4, -0.2) is 29.1 Å². The number of likely N-dealkylation sites (N-methyl/N-ethyl adjacent to an activating group) is 1. The number of unbranched alkanes of at least 4 members (excludes halogenated alkanes) is 1. The number of aliphatic hydroxyl groups excluding tert-OH is 1. The maximum atomic E-state index is 10.5. The first-order valence-corrected chi connectivity index (χ1v) is 7.64. The summed E-state index contributed by atoms with van der Waals surface area (Å²) in [5, 5.41) is 10.5. The van der Waals surface area contributed by atoms with E-state index in [1.807, 2.05) is 0 Å². The highest BCUT2D eigenvalue weighted by Gasteiger charge is 2.21. The Kier molecular flexibility index (Phi) is 7.11. The zero-order valence-electron chi connectivity index (χ0n) is 12.9. The second-order valence-electron chi connectivity index (χ2n) is 5.26. The summed E-state index contributed by atoms with van der Waals surface area (Å²) in [5.41, 5.74) is 2.35. The first-order chi connectivity index (χ1) is 9.13. The predicted octanol–water partition coefficient (Wildman–Crippen LogP) is 3.79. The van der Waals surface area contributed by atoms with Crippen LogP contribution in [0.25, 0.3) is 0 Å². The van der Waals surface area contributed by atoms with Crippen molar-refractivity contribution in [2.24, 2.45) is 0 Å². The fraction of sp³-hybridized carbons (Fsp3) is 0.647. The Morgan fingerprint density at radius 3 is 2.21 bits per heavy atom. The maximum Gasteiger partial charge on any atom is 0.0942 e. The van der Waals surface area contributed by atoms with Gasteiger partial charge in [-0.05, 0) is 44.0 Å². The lowest BCUT2D eigenvalue weighted by Crippen LogP contribution is -2.38. The number of nitrogens with zero attached hydrogens (tertiary/aromatic N) is 1. The van der Waals surface area contributed by atoms with Gasteiger partial charge in [0.1, 0.15) is 0 Å². The first kappa shape index (κ1) is 16.2. The van der Waals surface area contributed by atoms with E-state index in [1.165, 1.54) is 18.4 Å². The lowest BCUT2D eigenvalue weighted by Gasteiger charge is -2.31. The van der Waals surface area contributed by atoms with Crippen molar-refractivity contribution in [3.05, 3.63) is 35.4 Å². The summed E-state index contributed by atoms with van der Waals surface area (Å²) in [6, 6.07) is 8.53. The van der Waals surface area contributed by atoms with Gasteiger partial charge in [-0.1, -0.05) is 51.5 Å². The summed E-state index contributed by atoms with van der Waals surface area (Å²) >= 11 is 0. The Balaban J connectivity index is 2.70. The van der Waals surface area contributed by atoms with Gasteiger partial charge >= 0.3 is 0 Å². The Morgan fingerprint density at radius 2 is 1.74 bits per heavy atom. The Hall–Kier alpha value is -0.860. The van der Waals surface area contributed by atoms with Gasteiger partial charge in [-0.3, -0.25) is 4.90 Å². The third kappa shape index (κ3) is 4.63. The average Bonchev–Trinajstić information content (AvgIpc) is 2.47. The molecule has 0 aliphatic carbocycles. The molecule has 0 aromatic heterocycles. The molecule has 2 nitrogen and oxygen atoms in total. The largest absolute Gasteiger partial charge is 0.387 e. The third-order valence-corrected chi connectivity index (χ3v) is 3.97. The number of hydrogen-bond acceptors (Lipinski definition) is 2. The molecule has 0 saturated heterocycles. The van der Waals surface area contributed by atoms with E-state index in [0.717, 1.165) is 25.1 Å². The molecule has 0 fully saturated rings. The topological polar surface area (TPSA) is 23.5 Å². The summed E-state index contributed by atoms with van der Waals surface area (Å²) < 4.78 is 0. The van der Waals surface area contributed by atoms with Crippen LogP contribution in [0.2, 0.25) is 0 Å². The van der Waals surface area contributed by atoms with Gasteiger partial charge in [0.05, 0.1) is 6.10 Å². The molecular formula is C17H29NO. The Bertz CT molecular complexity index is 347. The van der Waals surface area contributed by atoms with Crippen LogP contribution in [0.4, 0.5) is 0 Å². The number of benzene rings is 1. The molecule has 0 aliphatic rings. The minimum absolute atomic E-state index is 0.170. The SMILES string of the molecule is CCCCN(CC)C(C)C(O)c1ccc(CC)cc1. The summed E-state index contributed by atoms with van der Waals surface area (Å²) in [7, 11) is 0. The second-order valence-corrected chi connectivity index (χ2v) is 5.26. The highest BCUT2D eigenvalue weighted by molar-refractivity contribution is 5.24. The molecule has 1 rings (SSSR count). The molecule has 2 heteroatoms. The van der Waals surface area contributed by atoms with Gasteiger partial charge in [-0.25, -0.2) is 0 Å². The highest BCUT2D eigenvalue weighted by atomic mass is 16.3. The molecule has 0 aliphatic heterocycles. The van der Waals surface area contributed by atoms with Crippen molar-refractivity contribution in [3.8, 4) is 0 Å². The Labute approximate surface area is 118 Å². The summed E-state index contributed by atoms with van der Waals surface area (Å²) in [6.45, 7) is 10.7. The van der Waals surface area contributed by atoms with Gasteiger partial charge in [-0.15, -0.1) is 0 Å². The van der Waals surface area contributed by atoms with Gasteiger partial charge in [0, 0.05) is 6.04 Å². The van der Waals surface area contributed by atoms with E-state index in [1.54, 1.807) is 0 Å². The molecule has 108 valence electrons. The van der Waals surface area contributed by atoms with E-state index in [2.05, 4.69) is 56.9 Å². The lowest BCUT2D eigenvalue weighted by molar-refractivity contribution is 0.0599. The van der Waals surface area contributed by atoms with Crippen molar-refractivity contribution in [1.29, 1.82) is 0 Å². The van der Waals surface area contributed by atoms with E-state index < -0.39 is 6.10 Å². The van der Waals surface area contributed by atoms with Crippen LogP contribution in [0.5, 0.6) is 0 Å². The molecule has 0 radical (unpaired) electrons. The van der Waals surface area contributed by atoms with Crippen LogP contribution in [0.15, 0.2) is 24.3 Å². The smallest absolute Gasteiger partial charge is 0.0942 e. The van der Waals surface area contributed by atoms with Crippen molar-refractivity contribution in [2.75, 3.05) is 13.1 Å². The number of aliphatic hydroxyl groups is 1. The van der Waals surface area contributed by atoms with E-state index in [0.29, 0.717) is 0 Å². The minimum atomic E-state index is -0.400. The Morgan fingerprint density at radius 1 is 1.11 bits per heavy atom. The average molecular weight is 263 g/mol. The lowest BCUT2D eigenvalue weighted by atomic mass is 10.00. The van der Waals surface area contributed by atoms with Crippen molar-refractivity contribution in [2.45, 2.75) is 59.1 Å². The standard InChI is InChI=1S/C17H29NO/c1-5-8-13-18(7-3)14(4)17(19)16-11-9-15(6-2)10-12-16/h9-12,14,17,19H,5-8,13H2,1-4H3. The van der Waals surface area contributed by atoms with E-state index in [9.17, 15) is 5.11 Å². The van der Waals surface area contributed by atoms with Crippen LogP contribution >= 0.6 is 0 Å². The molecule has 19 heavy (non-hydrogen) atoms. The van der Waals surface area contributed by atoms with E-state index in [-0.39, 0.29) is 6.04 Å². The molecule has 0 bridgehead atoms. The van der Waals surface area contributed by atoms with Gasteiger partial charge < -0.3 is 5.11 Å². The fourth-order valence-electron chi connectivity index (χ4n) is 2.44. The van der Waals surface area contributed by atoms with E-state index in [4.69, 9.17) is 0 Å². The first-order valence-electron chi connectivity index (χ1n) is 7.64. The highest BCUT2D eigenvalue weighted by Crippen LogP contribution is 2.21. The number of aryl methyl sites for hydroxylation is 1. The second kappa shape index (κ2) is 8.34.